The third-order valence-electron chi connectivity index (χ3n) is 5.11. The standard InChI is InChI=1S/C20H21N5O3/c1-13-22-23-19-12-24(17(20(26)27)11-25(13)19)10-16-9-15(3-4-18(16)28-2)14-5-7-21-8-6-14/h3-9,17H,10-12H2,1-2H3,(H,26,27). The maximum Gasteiger partial charge on any atom is 0.322 e. The summed E-state index contributed by atoms with van der Waals surface area (Å²) in [4.78, 5) is 17.9. The van der Waals surface area contributed by atoms with Crippen LogP contribution in [0.5, 0.6) is 5.75 Å². The van der Waals surface area contributed by atoms with Gasteiger partial charge in [-0.2, -0.15) is 0 Å². The Balaban J connectivity index is 1.68. The molecule has 3 heterocycles. The number of rotatable bonds is 5. The molecular formula is C20H21N5O3. The average molecular weight is 379 g/mol. The highest BCUT2D eigenvalue weighted by Gasteiger charge is 2.33. The van der Waals surface area contributed by atoms with Crippen LogP contribution in [-0.4, -0.2) is 48.9 Å². The number of aryl methyl sites for hydroxylation is 1. The van der Waals surface area contributed by atoms with Crippen LogP contribution in [0, 0.1) is 6.92 Å². The monoisotopic (exact) mass is 379 g/mol. The lowest BCUT2D eigenvalue weighted by Gasteiger charge is -2.33. The van der Waals surface area contributed by atoms with E-state index in [-0.39, 0.29) is 0 Å². The first-order chi connectivity index (χ1) is 13.6. The number of carboxylic acids is 1. The van der Waals surface area contributed by atoms with Gasteiger partial charge in [0.15, 0.2) is 0 Å². The fourth-order valence-corrected chi connectivity index (χ4v) is 3.60. The molecule has 1 aliphatic rings. The van der Waals surface area contributed by atoms with Gasteiger partial charge in [-0.05, 0) is 42.3 Å². The largest absolute Gasteiger partial charge is 0.496 e. The van der Waals surface area contributed by atoms with Crippen molar-refractivity contribution >= 4 is 5.97 Å². The topological polar surface area (TPSA) is 93.4 Å². The van der Waals surface area contributed by atoms with Crippen molar-refractivity contribution in [2.45, 2.75) is 32.6 Å². The SMILES string of the molecule is COc1ccc(-c2ccncc2)cc1CN1Cc2nnc(C)n2CC1C(=O)O. The zero-order valence-corrected chi connectivity index (χ0v) is 15.7. The number of nitrogens with zero attached hydrogens (tertiary/aromatic N) is 5. The minimum absolute atomic E-state index is 0.329. The van der Waals surface area contributed by atoms with Gasteiger partial charge >= 0.3 is 5.97 Å². The molecule has 0 fully saturated rings. The second kappa shape index (κ2) is 7.40. The highest BCUT2D eigenvalue weighted by Crippen LogP contribution is 2.29. The van der Waals surface area contributed by atoms with E-state index in [1.54, 1.807) is 19.5 Å². The smallest absolute Gasteiger partial charge is 0.322 e. The molecule has 0 spiro atoms. The number of aliphatic carboxylic acids is 1. The molecule has 0 saturated carbocycles. The Hall–Kier alpha value is -3.26. The van der Waals surface area contributed by atoms with Crippen LogP contribution >= 0.6 is 0 Å². The van der Waals surface area contributed by atoms with Crippen molar-refractivity contribution in [3.8, 4) is 16.9 Å². The lowest BCUT2D eigenvalue weighted by molar-refractivity contribution is -0.145. The van der Waals surface area contributed by atoms with E-state index in [2.05, 4.69) is 15.2 Å². The molecule has 0 radical (unpaired) electrons. The minimum atomic E-state index is -0.858. The zero-order chi connectivity index (χ0) is 19.7. The second-order valence-corrected chi connectivity index (χ2v) is 6.80. The molecule has 1 aliphatic heterocycles. The van der Waals surface area contributed by atoms with Crippen LogP contribution in [0.1, 0.15) is 17.2 Å². The lowest BCUT2D eigenvalue weighted by Crippen LogP contribution is -2.47. The summed E-state index contributed by atoms with van der Waals surface area (Å²) < 4.78 is 7.40. The molecule has 1 atom stereocenters. The Morgan fingerprint density at radius 1 is 1.21 bits per heavy atom. The molecule has 2 aromatic heterocycles. The van der Waals surface area contributed by atoms with Gasteiger partial charge in [0.1, 0.15) is 23.4 Å². The summed E-state index contributed by atoms with van der Waals surface area (Å²) in [5, 5.41) is 18.0. The molecule has 0 aliphatic carbocycles. The molecule has 28 heavy (non-hydrogen) atoms. The third-order valence-corrected chi connectivity index (χ3v) is 5.11. The fourth-order valence-electron chi connectivity index (χ4n) is 3.60. The molecule has 4 rings (SSSR count). The van der Waals surface area contributed by atoms with E-state index in [4.69, 9.17) is 4.74 Å². The predicted octanol–water partition coefficient (Wildman–Crippen LogP) is 2.13. The number of pyridine rings is 1. The molecule has 1 aromatic carbocycles. The van der Waals surface area contributed by atoms with E-state index in [0.29, 0.717) is 19.6 Å². The Morgan fingerprint density at radius 2 is 2.00 bits per heavy atom. The third kappa shape index (κ3) is 3.34. The van der Waals surface area contributed by atoms with Gasteiger partial charge in [-0.25, -0.2) is 0 Å². The number of carboxylic acid groups (broad SMARTS) is 1. The number of aromatic nitrogens is 4. The van der Waals surface area contributed by atoms with Gasteiger partial charge in [-0.3, -0.25) is 14.7 Å². The van der Waals surface area contributed by atoms with Gasteiger partial charge in [0.2, 0.25) is 0 Å². The van der Waals surface area contributed by atoms with Crippen LogP contribution in [0.3, 0.4) is 0 Å². The van der Waals surface area contributed by atoms with Crippen molar-refractivity contribution in [2.75, 3.05) is 7.11 Å². The highest BCUT2D eigenvalue weighted by molar-refractivity contribution is 5.73. The second-order valence-electron chi connectivity index (χ2n) is 6.80. The quantitative estimate of drug-likeness (QED) is 0.726. The Labute approximate surface area is 162 Å². The molecule has 144 valence electrons. The summed E-state index contributed by atoms with van der Waals surface area (Å²) in [5.74, 6) is 1.38. The molecule has 1 N–H and O–H groups in total. The van der Waals surface area contributed by atoms with Crippen molar-refractivity contribution in [1.29, 1.82) is 0 Å². The van der Waals surface area contributed by atoms with Gasteiger partial charge in [0.05, 0.1) is 20.2 Å². The first kappa shape index (κ1) is 18.1. The summed E-state index contributed by atoms with van der Waals surface area (Å²) in [5.41, 5.74) is 3.00. The minimum Gasteiger partial charge on any atom is -0.496 e. The zero-order valence-electron chi connectivity index (χ0n) is 15.7. The Kier molecular flexibility index (Phi) is 4.79. The van der Waals surface area contributed by atoms with Gasteiger partial charge in [-0.15, -0.1) is 10.2 Å². The first-order valence-electron chi connectivity index (χ1n) is 8.99. The van der Waals surface area contributed by atoms with Crippen molar-refractivity contribution in [2.24, 2.45) is 0 Å². The van der Waals surface area contributed by atoms with Crippen LogP contribution in [0.4, 0.5) is 0 Å². The van der Waals surface area contributed by atoms with Gasteiger partial charge < -0.3 is 14.4 Å². The van der Waals surface area contributed by atoms with Crippen molar-refractivity contribution in [3.63, 3.8) is 0 Å². The van der Waals surface area contributed by atoms with Gasteiger partial charge in [0.25, 0.3) is 0 Å². The van der Waals surface area contributed by atoms with Crippen LogP contribution < -0.4 is 4.74 Å². The van der Waals surface area contributed by atoms with E-state index in [1.807, 2.05) is 46.7 Å². The maximum atomic E-state index is 11.9. The number of hydrogen-bond acceptors (Lipinski definition) is 6. The Morgan fingerprint density at radius 3 is 2.71 bits per heavy atom. The number of fused-ring (bicyclic) bond motifs is 1. The number of ether oxygens (including phenoxy) is 1. The van der Waals surface area contributed by atoms with Gasteiger partial charge in [-0.1, -0.05) is 6.07 Å². The van der Waals surface area contributed by atoms with Crippen LogP contribution in [0.15, 0.2) is 42.7 Å². The Bertz CT molecular complexity index is 1000. The van der Waals surface area contributed by atoms with Crippen molar-refractivity contribution < 1.29 is 14.6 Å². The molecule has 1 unspecified atom stereocenters. The molecule has 0 saturated heterocycles. The number of carbonyl (C=O) groups is 1. The summed E-state index contributed by atoms with van der Waals surface area (Å²) in [6.07, 6.45) is 3.50. The lowest BCUT2D eigenvalue weighted by atomic mass is 10.0. The van der Waals surface area contributed by atoms with E-state index in [1.165, 1.54) is 0 Å². The van der Waals surface area contributed by atoms with Crippen LogP contribution in [-0.2, 0) is 24.4 Å². The molecule has 8 heteroatoms. The van der Waals surface area contributed by atoms with E-state index in [9.17, 15) is 9.90 Å². The molecular weight excluding hydrogens is 358 g/mol. The van der Waals surface area contributed by atoms with Crippen molar-refractivity contribution in [1.82, 2.24) is 24.6 Å². The number of methoxy groups -OCH3 is 1. The van der Waals surface area contributed by atoms with E-state index < -0.39 is 12.0 Å². The highest BCUT2D eigenvalue weighted by atomic mass is 16.5. The van der Waals surface area contributed by atoms with Gasteiger partial charge in [0, 0.05) is 24.5 Å². The molecule has 3 aromatic rings. The van der Waals surface area contributed by atoms with Crippen LogP contribution in [0.25, 0.3) is 11.1 Å². The summed E-state index contributed by atoms with van der Waals surface area (Å²) in [6.45, 7) is 3.02. The first-order valence-corrected chi connectivity index (χ1v) is 8.99. The number of benzene rings is 1. The summed E-state index contributed by atoms with van der Waals surface area (Å²) >= 11 is 0. The molecule has 0 amide bonds. The molecule has 8 nitrogen and oxygen atoms in total. The van der Waals surface area contributed by atoms with Crippen molar-refractivity contribution in [3.05, 3.63) is 59.9 Å². The van der Waals surface area contributed by atoms with E-state index in [0.717, 1.165) is 34.1 Å². The summed E-state index contributed by atoms with van der Waals surface area (Å²) in [6, 6.07) is 9.17. The molecule has 0 bridgehead atoms. The normalized spacial score (nSPS) is 16.6. The average Bonchev–Trinajstić information content (AvgIpc) is 3.08. The maximum absolute atomic E-state index is 11.9. The predicted molar refractivity (Wildman–Crippen MR) is 102 cm³/mol. The van der Waals surface area contributed by atoms with Crippen LogP contribution in [0.2, 0.25) is 0 Å². The van der Waals surface area contributed by atoms with E-state index >= 15 is 0 Å². The summed E-state index contributed by atoms with van der Waals surface area (Å²) in [7, 11) is 1.62. The fraction of sp³-hybridized carbons (Fsp3) is 0.300. The number of hydrogen-bond donors (Lipinski definition) is 1.